The van der Waals surface area contributed by atoms with E-state index in [0.717, 1.165) is 57.9 Å². The van der Waals surface area contributed by atoms with Crippen LogP contribution in [0.5, 0.6) is 11.5 Å². The number of rotatable bonds is 9. The van der Waals surface area contributed by atoms with Crippen molar-refractivity contribution >= 4 is 34.3 Å². The van der Waals surface area contributed by atoms with Gasteiger partial charge in [-0.3, -0.25) is 14.2 Å². The number of ether oxygens (including phenoxy) is 4. The molecule has 2 aromatic carbocycles. The third-order valence-electron chi connectivity index (χ3n) is 9.16. The zero-order chi connectivity index (χ0) is 33.4. The minimum absolute atomic E-state index is 0.0252. The number of hydrogen-bond donors (Lipinski definition) is 3. The lowest BCUT2D eigenvalue weighted by molar-refractivity contribution is -0.147. The fourth-order valence-electron chi connectivity index (χ4n) is 6.40. The van der Waals surface area contributed by atoms with Gasteiger partial charge < -0.3 is 35.0 Å². The molecule has 1 heterocycles. The smallest absolute Gasteiger partial charge is 0.326 e. The monoisotopic (exact) mass is 646 g/mol. The lowest BCUT2D eigenvalue weighted by Gasteiger charge is -2.27. The number of nitrogens with zero attached hydrogens (tertiary/aromatic N) is 1. The minimum atomic E-state index is -0.503. The van der Waals surface area contributed by atoms with Crippen molar-refractivity contribution in [1.82, 2.24) is 9.55 Å². The fraction of sp³-hybridized carbons (Fsp3) is 0.545. The number of anilines is 2. The summed E-state index contributed by atoms with van der Waals surface area (Å²) in [7, 11) is 5.66. The van der Waals surface area contributed by atoms with E-state index in [2.05, 4.69) is 10.3 Å². The second-order valence-corrected chi connectivity index (χ2v) is 12.0. The molecular weight excluding hydrogens is 602 g/mol. The maximum absolute atomic E-state index is 13.8. The third kappa shape index (κ3) is 8.29. The number of hydrogen-bond acceptors (Lipinski definition) is 9. The number of benzene rings is 2. The number of halogens is 2. The number of esters is 2. The van der Waals surface area contributed by atoms with Gasteiger partial charge in [0.1, 0.15) is 0 Å². The van der Waals surface area contributed by atoms with Crippen LogP contribution in [-0.2, 0) is 25.6 Å². The summed E-state index contributed by atoms with van der Waals surface area (Å²) < 4.78 is 48.4. The predicted molar refractivity (Wildman–Crippen MR) is 170 cm³/mol. The van der Waals surface area contributed by atoms with Gasteiger partial charge in [-0.15, -0.1) is 0 Å². The topological polar surface area (TPSA) is 147 Å². The number of aromatic nitrogens is 2. The molecule has 11 nitrogen and oxygen atoms in total. The molecule has 0 aliphatic heterocycles. The first-order valence-corrected chi connectivity index (χ1v) is 15.6. The van der Waals surface area contributed by atoms with Gasteiger partial charge in [-0.2, -0.15) is 0 Å². The first-order valence-electron chi connectivity index (χ1n) is 15.6. The lowest BCUT2D eigenvalue weighted by Crippen LogP contribution is -2.27. The SMILES string of the molecule is COC(=O)C1CCC(CNc2cc(OC)c(F)cc2N)CC1.COC(=O)C1CCC(Cn2c(=O)[nH]c3cc(F)c(OC)cc32)CC1. The molecule has 1 aromatic heterocycles. The number of methoxy groups -OCH3 is 4. The first-order chi connectivity index (χ1) is 22.1. The predicted octanol–water partition coefficient (Wildman–Crippen LogP) is 5.26. The van der Waals surface area contributed by atoms with E-state index in [0.29, 0.717) is 40.8 Å². The molecule has 0 amide bonds. The zero-order valence-electron chi connectivity index (χ0n) is 26.8. The maximum atomic E-state index is 13.8. The summed E-state index contributed by atoms with van der Waals surface area (Å²) in [4.78, 5) is 38.0. The molecular formula is C33H44F2N4O7. The summed E-state index contributed by atoms with van der Waals surface area (Å²) in [6, 6.07) is 5.66. The highest BCUT2D eigenvalue weighted by Gasteiger charge is 2.28. The molecule has 5 rings (SSSR count). The Kier molecular flexibility index (Phi) is 11.9. The minimum Gasteiger partial charge on any atom is -0.494 e. The number of carbonyl (C=O) groups excluding carboxylic acids is 2. The van der Waals surface area contributed by atoms with Crippen molar-refractivity contribution in [2.45, 2.75) is 57.9 Å². The number of imidazole rings is 1. The van der Waals surface area contributed by atoms with Crippen LogP contribution in [-0.4, -0.2) is 56.5 Å². The van der Waals surface area contributed by atoms with E-state index >= 15 is 0 Å². The average molecular weight is 647 g/mol. The molecule has 2 saturated carbocycles. The summed E-state index contributed by atoms with van der Waals surface area (Å²) in [5.41, 5.74) is 7.69. The molecule has 2 fully saturated rings. The standard InChI is InChI=1S/C17H21FN2O4.C16H23FN2O3/c1-23-15-8-14-13(7-12(15)18)19-17(22)20(14)9-10-3-5-11(6-4-10)16(21)24-2;1-21-15-8-14(13(18)7-12(15)17)19-9-10-3-5-11(6-4-10)16(20)22-2/h7-8,10-11H,3-6,9H2,1-2H3,(H,19,22);7-8,10-11,19H,3-6,9,18H2,1-2H3. The number of fused-ring (bicyclic) bond motifs is 1. The molecule has 252 valence electrons. The fourth-order valence-corrected chi connectivity index (χ4v) is 6.40. The molecule has 0 bridgehead atoms. The Morgan fingerprint density at radius 3 is 1.89 bits per heavy atom. The van der Waals surface area contributed by atoms with Crippen molar-refractivity contribution in [3.05, 3.63) is 46.4 Å². The van der Waals surface area contributed by atoms with Crippen LogP contribution in [0, 0.1) is 35.3 Å². The van der Waals surface area contributed by atoms with Gasteiger partial charge in [0.25, 0.3) is 0 Å². The van der Waals surface area contributed by atoms with Crippen LogP contribution < -0.4 is 26.2 Å². The average Bonchev–Trinajstić information content (AvgIpc) is 3.36. The highest BCUT2D eigenvalue weighted by atomic mass is 19.1. The summed E-state index contributed by atoms with van der Waals surface area (Å²) in [6.45, 7) is 1.29. The van der Waals surface area contributed by atoms with Crippen LogP contribution in [0.1, 0.15) is 51.4 Å². The Morgan fingerprint density at radius 1 is 0.826 bits per heavy atom. The quantitative estimate of drug-likeness (QED) is 0.209. The van der Waals surface area contributed by atoms with Crippen molar-refractivity contribution in [3.63, 3.8) is 0 Å². The van der Waals surface area contributed by atoms with E-state index in [4.69, 9.17) is 24.7 Å². The Labute approximate surface area is 266 Å². The van der Waals surface area contributed by atoms with Crippen LogP contribution in [0.2, 0.25) is 0 Å². The normalized spacial score (nSPS) is 21.1. The number of nitrogens with one attached hydrogen (secondary N) is 2. The molecule has 2 aliphatic carbocycles. The summed E-state index contributed by atoms with van der Waals surface area (Å²) in [5, 5.41) is 3.25. The second-order valence-electron chi connectivity index (χ2n) is 12.0. The molecule has 46 heavy (non-hydrogen) atoms. The molecule has 3 aromatic rings. The largest absolute Gasteiger partial charge is 0.494 e. The number of H-pyrrole nitrogens is 1. The van der Waals surface area contributed by atoms with Gasteiger partial charge in [0.2, 0.25) is 0 Å². The molecule has 0 atom stereocenters. The highest BCUT2D eigenvalue weighted by Crippen LogP contribution is 2.33. The van der Waals surface area contributed by atoms with E-state index in [-0.39, 0.29) is 41.0 Å². The van der Waals surface area contributed by atoms with Crippen molar-refractivity contribution in [2.75, 3.05) is 46.0 Å². The Hall–Kier alpha value is -4.29. The molecule has 0 saturated heterocycles. The van der Waals surface area contributed by atoms with Gasteiger partial charge in [0.05, 0.1) is 62.7 Å². The maximum Gasteiger partial charge on any atom is 0.326 e. The molecule has 0 unspecified atom stereocenters. The van der Waals surface area contributed by atoms with Crippen LogP contribution in [0.15, 0.2) is 29.1 Å². The van der Waals surface area contributed by atoms with E-state index in [1.54, 1.807) is 16.7 Å². The summed E-state index contributed by atoms with van der Waals surface area (Å²) >= 11 is 0. The summed E-state index contributed by atoms with van der Waals surface area (Å²) in [5.74, 6) is -0.193. The van der Waals surface area contributed by atoms with Crippen LogP contribution in [0.3, 0.4) is 0 Å². The number of nitrogen functional groups attached to an aromatic ring is 1. The van der Waals surface area contributed by atoms with Crippen molar-refractivity contribution in [3.8, 4) is 11.5 Å². The van der Waals surface area contributed by atoms with Gasteiger partial charge in [0.15, 0.2) is 23.1 Å². The number of aromatic amines is 1. The lowest BCUT2D eigenvalue weighted by atomic mass is 9.82. The van der Waals surface area contributed by atoms with Crippen molar-refractivity contribution in [2.24, 2.45) is 23.7 Å². The van der Waals surface area contributed by atoms with Gasteiger partial charge in [-0.05, 0) is 63.2 Å². The third-order valence-corrected chi connectivity index (χ3v) is 9.16. The van der Waals surface area contributed by atoms with Gasteiger partial charge in [0, 0.05) is 37.4 Å². The Bertz CT molecular complexity index is 1560. The highest BCUT2D eigenvalue weighted by molar-refractivity contribution is 5.77. The molecule has 2 aliphatic rings. The van der Waals surface area contributed by atoms with Gasteiger partial charge in [-0.1, -0.05) is 0 Å². The van der Waals surface area contributed by atoms with Crippen molar-refractivity contribution < 1.29 is 37.3 Å². The first kappa shape index (κ1) is 34.6. The molecule has 0 spiro atoms. The number of carbonyl (C=O) groups is 2. The zero-order valence-corrected chi connectivity index (χ0v) is 26.8. The molecule has 13 heteroatoms. The van der Waals surface area contributed by atoms with E-state index in [9.17, 15) is 23.2 Å². The van der Waals surface area contributed by atoms with Crippen molar-refractivity contribution in [1.29, 1.82) is 0 Å². The Morgan fingerprint density at radius 2 is 1.35 bits per heavy atom. The van der Waals surface area contributed by atoms with E-state index in [1.165, 1.54) is 40.6 Å². The van der Waals surface area contributed by atoms with E-state index < -0.39 is 11.6 Å². The Balaban J connectivity index is 0.000000210. The summed E-state index contributed by atoms with van der Waals surface area (Å²) in [6.07, 6.45) is 6.88. The van der Waals surface area contributed by atoms with Gasteiger partial charge in [-0.25, -0.2) is 13.6 Å². The van der Waals surface area contributed by atoms with Crippen LogP contribution in [0.25, 0.3) is 11.0 Å². The second kappa shape index (κ2) is 15.8. The van der Waals surface area contributed by atoms with E-state index in [1.807, 2.05) is 0 Å². The van der Waals surface area contributed by atoms with Gasteiger partial charge >= 0.3 is 17.6 Å². The molecule has 4 N–H and O–H groups in total. The molecule has 0 radical (unpaired) electrons. The van der Waals surface area contributed by atoms with Crippen LogP contribution in [0.4, 0.5) is 20.2 Å². The number of nitrogens with two attached hydrogens (primary N) is 1. The van der Waals surface area contributed by atoms with Crippen LogP contribution >= 0.6 is 0 Å².